The van der Waals surface area contributed by atoms with Crippen LogP contribution in [0, 0.1) is 18.3 Å². The Morgan fingerprint density at radius 1 is 1.63 bits per heavy atom. The maximum absolute atomic E-state index is 11.8. The third-order valence-electron chi connectivity index (χ3n) is 4.35. The zero-order chi connectivity index (χ0) is 14.0. The number of carbonyl (C=O) groups is 1. The van der Waals surface area contributed by atoms with Crippen molar-refractivity contribution in [1.29, 1.82) is 0 Å². The predicted molar refractivity (Wildman–Crippen MR) is 74.0 cm³/mol. The van der Waals surface area contributed by atoms with Crippen LogP contribution < -0.4 is 0 Å². The first kappa shape index (κ1) is 14.1. The van der Waals surface area contributed by atoms with Gasteiger partial charge in [-0.15, -0.1) is 0 Å². The molecule has 4 heteroatoms. The Labute approximate surface area is 114 Å². The molecule has 2 unspecified atom stereocenters. The van der Waals surface area contributed by atoms with Gasteiger partial charge in [-0.25, -0.2) is 0 Å². The van der Waals surface area contributed by atoms with Gasteiger partial charge in [-0.1, -0.05) is 19.8 Å². The molecule has 0 aliphatic heterocycles. The van der Waals surface area contributed by atoms with Gasteiger partial charge >= 0.3 is 5.97 Å². The number of carboxylic acids is 1. The van der Waals surface area contributed by atoms with Crippen molar-refractivity contribution in [2.75, 3.05) is 0 Å². The summed E-state index contributed by atoms with van der Waals surface area (Å²) in [5.74, 6) is -0.135. The number of hydrogen-bond acceptors (Lipinski definition) is 2. The minimum atomic E-state index is -0.638. The molecule has 2 rings (SSSR count). The van der Waals surface area contributed by atoms with Crippen molar-refractivity contribution in [2.24, 2.45) is 11.3 Å². The second kappa shape index (κ2) is 5.35. The highest BCUT2D eigenvalue weighted by Gasteiger charge is 2.42. The van der Waals surface area contributed by atoms with Gasteiger partial charge in [-0.2, -0.15) is 5.10 Å². The molecule has 19 heavy (non-hydrogen) atoms. The lowest BCUT2D eigenvalue weighted by Crippen LogP contribution is -2.38. The van der Waals surface area contributed by atoms with E-state index in [1.165, 1.54) is 0 Å². The van der Waals surface area contributed by atoms with E-state index in [-0.39, 0.29) is 0 Å². The van der Waals surface area contributed by atoms with Crippen LogP contribution in [-0.4, -0.2) is 20.9 Å². The Morgan fingerprint density at radius 2 is 2.37 bits per heavy atom. The third-order valence-corrected chi connectivity index (χ3v) is 4.35. The first-order valence-corrected chi connectivity index (χ1v) is 7.23. The number of aryl methyl sites for hydroxylation is 2. The molecule has 1 aromatic heterocycles. The molecule has 0 bridgehead atoms. The van der Waals surface area contributed by atoms with Crippen molar-refractivity contribution in [1.82, 2.24) is 9.78 Å². The van der Waals surface area contributed by atoms with Gasteiger partial charge < -0.3 is 5.11 Å². The summed E-state index contributed by atoms with van der Waals surface area (Å²) in [5, 5.41) is 14.1. The molecule has 0 saturated heterocycles. The second-order valence-electron chi connectivity index (χ2n) is 6.06. The highest BCUT2D eigenvalue weighted by molar-refractivity contribution is 5.75. The van der Waals surface area contributed by atoms with Crippen LogP contribution in [0.3, 0.4) is 0 Å². The number of nitrogens with zero attached hydrogens (tertiary/aromatic N) is 2. The molecule has 4 nitrogen and oxygen atoms in total. The van der Waals surface area contributed by atoms with E-state index in [0.717, 1.165) is 43.6 Å². The molecule has 1 N–H and O–H groups in total. The molecular formula is C15H24N2O2. The topological polar surface area (TPSA) is 55.1 Å². The van der Waals surface area contributed by atoms with E-state index in [1.807, 2.05) is 24.6 Å². The lowest BCUT2D eigenvalue weighted by Gasteiger charge is -2.36. The lowest BCUT2D eigenvalue weighted by atomic mass is 9.67. The highest BCUT2D eigenvalue weighted by Crippen LogP contribution is 2.42. The Balaban J connectivity index is 2.28. The fourth-order valence-electron chi connectivity index (χ4n) is 3.45. The van der Waals surface area contributed by atoms with Crippen LogP contribution >= 0.6 is 0 Å². The van der Waals surface area contributed by atoms with E-state index >= 15 is 0 Å². The minimum absolute atomic E-state index is 0.504. The van der Waals surface area contributed by atoms with E-state index in [9.17, 15) is 9.90 Å². The Morgan fingerprint density at radius 3 is 2.95 bits per heavy atom. The van der Waals surface area contributed by atoms with Crippen LogP contribution in [0.25, 0.3) is 0 Å². The molecule has 0 radical (unpaired) electrons. The molecule has 0 aromatic carbocycles. The molecule has 0 amide bonds. The summed E-state index contributed by atoms with van der Waals surface area (Å²) < 4.78 is 1.94. The molecule has 1 heterocycles. The van der Waals surface area contributed by atoms with Gasteiger partial charge in [0.2, 0.25) is 0 Å². The van der Waals surface area contributed by atoms with Gasteiger partial charge in [0.05, 0.1) is 11.1 Å². The second-order valence-corrected chi connectivity index (χ2v) is 6.06. The number of rotatable bonds is 4. The molecule has 1 saturated carbocycles. The highest BCUT2D eigenvalue weighted by atomic mass is 16.4. The van der Waals surface area contributed by atoms with Gasteiger partial charge in [0.25, 0.3) is 0 Å². The summed E-state index contributed by atoms with van der Waals surface area (Å²) in [6.45, 7) is 6.98. The quantitative estimate of drug-likeness (QED) is 0.909. The number of carboxylic acid groups (broad SMARTS) is 1. The summed E-state index contributed by atoms with van der Waals surface area (Å²) in [6, 6.07) is 2.04. The number of hydrogen-bond donors (Lipinski definition) is 1. The van der Waals surface area contributed by atoms with Crippen molar-refractivity contribution < 1.29 is 9.90 Å². The Hall–Kier alpha value is -1.32. The lowest BCUT2D eigenvalue weighted by molar-refractivity contribution is -0.152. The number of aliphatic carboxylic acids is 1. The standard InChI is InChI=1S/C15H24N2O2/c1-4-17-13(8-12(3)16-17)10-15(14(18)19)7-5-6-11(2)9-15/h8,11H,4-7,9-10H2,1-3H3,(H,18,19). The summed E-state index contributed by atoms with van der Waals surface area (Å²) >= 11 is 0. The summed E-state index contributed by atoms with van der Waals surface area (Å²) in [5.41, 5.74) is 1.45. The van der Waals surface area contributed by atoms with E-state index < -0.39 is 11.4 Å². The van der Waals surface area contributed by atoms with E-state index in [1.54, 1.807) is 0 Å². The van der Waals surface area contributed by atoms with Crippen LogP contribution in [0.4, 0.5) is 0 Å². The summed E-state index contributed by atoms with van der Waals surface area (Å²) in [4.78, 5) is 11.8. The summed E-state index contributed by atoms with van der Waals surface area (Å²) in [6.07, 6.45) is 4.37. The first-order chi connectivity index (χ1) is 8.97. The Bertz CT molecular complexity index is 467. The minimum Gasteiger partial charge on any atom is -0.481 e. The average Bonchev–Trinajstić information content (AvgIpc) is 2.69. The van der Waals surface area contributed by atoms with E-state index in [0.29, 0.717) is 12.3 Å². The largest absolute Gasteiger partial charge is 0.481 e. The van der Waals surface area contributed by atoms with Crippen molar-refractivity contribution in [3.05, 3.63) is 17.5 Å². The van der Waals surface area contributed by atoms with Gasteiger partial charge in [-0.3, -0.25) is 9.48 Å². The zero-order valence-corrected chi connectivity index (χ0v) is 12.1. The van der Waals surface area contributed by atoms with E-state index in [2.05, 4.69) is 12.0 Å². The fourth-order valence-corrected chi connectivity index (χ4v) is 3.45. The molecule has 1 aromatic rings. The van der Waals surface area contributed by atoms with Gasteiger partial charge in [0.1, 0.15) is 0 Å². The van der Waals surface area contributed by atoms with Crippen LogP contribution in [0.5, 0.6) is 0 Å². The number of aromatic nitrogens is 2. The molecule has 1 aliphatic rings. The molecule has 0 spiro atoms. The maximum Gasteiger partial charge on any atom is 0.310 e. The van der Waals surface area contributed by atoms with Crippen LogP contribution in [0.15, 0.2) is 6.07 Å². The maximum atomic E-state index is 11.8. The van der Waals surface area contributed by atoms with E-state index in [4.69, 9.17) is 0 Å². The SMILES string of the molecule is CCn1nc(C)cc1CC1(C(=O)O)CCCC(C)C1. The van der Waals surface area contributed by atoms with Crippen molar-refractivity contribution in [3.8, 4) is 0 Å². The van der Waals surface area contributed by atoms with Crippen LogP contribution in [-0.2, 0) is 17.8 Å². The van der Waals surface area contributed by atoms with Crippen molar-refractivity contribution in [2.45, 2.75) is 59.4 Å². The van der Waals surface area contributed by atoms with Crippen molar-refractivity contribution >= 4 is 5.97 Å². The normalized spacial score (nSPS) is 27.4. The molecule has 1 fully saturated rings. The predicted octanol–water partition coefficient (Wildman–Crippen LogP) is 3.04. The molecular weight excluding hydrogens is 240 g/mol. The van der Waals surface area contributed by atoms with Gasteiger partial charge in [0, 0.05) is 18.7 Å². The van der Waals surface area contributed by atoms with Crippen LogP contribution in [0.2, 0.25) is 0 Å². The third kappa shape index (κ3) is 2.82. The van der Waals surface area contributed by atoms with Gasteiger partial charge in [-0.05, 0) is 38.7 Å². The zero-order valence-electron chi connectivity index (χ0n) is 12.1. The molecule has 1 aliphatic carbocycles. The molecule has 2 atom stereocenters. The van der Waals surface area contributed by atoms with Crippen LogP contribution in [0.1, 0.15) is 50.9 Å². The Kier molecular flexibility index (Phi) is 3.97. The van der Waals surface area contributed by atoms with Gasteiger partial charge in [0.15, 0.2) is 0 Å². The molecule has 106 valence electrons. The van der Waals surface area contributed by atoms with Crippen molar-refractivity contribution in [3.63, 3.8) is 0 Å². The monoisotopic (exact) mass is 264 g/mol. The first-order valence-electron chi connectivity index (χ1n) is 7.23. The summed E-state index contributed by atoms with van der Waals surface area (Å²) in [7, 11) is 0. The smallest absolute Gasteiger partial charge is 0.310 e. The fraction of sp³-hybridized carbons (Fsp3) is 0.733. The average molecular weight is 264 g/mol.